The zero-order valence-corrected chi connectivity index (χ0v) is 23.8. The van der Waals surface area contributed by atoms with Crippen LogP contribution in [0.3, 0.4) is 0 Å². The molecule has 3 heterocycles. The molecular weight excluding hydrogens is 526 g/mol. The normalized spacial score (nSPS) is 13.1. The Morgan fingerprint density at radius 2 is 1.67 bits per heavy atom. The van der Waals surface area contributed by atoms with Crippen LogP contribution >= 0.6 is 0 Å². The van der Waals surface area contributed by atoms with E-state index < -0.39 is 0 Å². The number of carbonyl (C=O) groups is 2. The molecule has 3 aromatic carbocycles. The van der Waals surface area contributed by atoms with Crippen LogP contribution in [0.2, 0.25) is 0 Å². The van der Waals surface area contributed by atoms with E-state index in [1.807, 2.05) is 77.5 Å². The minimum Gasteiger partial charge on any atom is -0.456 e. The van der Waals surface area contributed by atoms with Crippen LogP contribution in [0.25, 0.3) is 16.5 Å². The van der Waals surface area contributed by atoms with Gasteiger partial charge in [0.15, 0.2) is 11.7 Å². The molecule has 8 nitrogen and oxygen atoms in total. The maximum absolute atomic E-state index is 13.5. The number of nitrogens with zero attached hydrogens (tertiary/aromatic N) is 4. The molecule has 0 fully saturated rings. The van der Waals surface area contributed by atoms with Crippen LogP contribution < -0.4 is 10.5 Å². The first kappa shape index (κ1) is 27.1. The molecule has 0 spiro atoms. The highest BCUT2D eigenvalue weighted by molar-refractivity contribution is 6.40. The number of hydrogen-bond donors (Lipinski definition) is 1. The van der Waals surface area contributed by atoms with Crippen molar-refractivity contribution in [3.8, 4) is 17.2 Å². The van der Waals surface area contributed by atoms with Crippen molar-refractivity contribution in [2.24, 2.45) is 10.7 Å². The van der Waals surface area contributed by atoms with Crippen LogP contribution in [0.15, 0.2) is 90.1 Å². The summed E-state index contributed by atoms with van der Waals surface area (Å²) in [6.45, 7) is 6.36. The molecule has 5 aromatic rings. The van der Waals surface area contributed by atoms with Gasteiger partial charge in [0.2, 0.25) is 5.78 Å². The number of rotatable bonds is 7. The molecule has 0 amide bonds. The van der Waals surface area contributed by atoms with Crippen molar-refractivity contribution < 1.29 is 14.3 Å². The van der Waals surface area contributed by atoms with E-state index in [9.17, 15) is 9.59 Å². The van der Waals surface area contributed by atoms with Crippen molar-refractivity contribution in [1.82, 2.24) is 14.8 Å². The van der Waals surface area contributed by atoms with Gasteiger partial charge in [-0.15, -0.1) is 0 Å². The predicted octanol–water partition coefficient (Wildman–Crippen LogP) is 5.98. The lowest BCUT2D eigenvalue weighted by atomic mass is 9.92. The summed E-state index contributed by atoms with van der Waals surface area (Å²) in [6, 6.07) is 25.3. The van der Waals surface area contributed by atoms with Crippen LogP contribution in [0.4, 0.5) is 5.82 Å². The number of amidine groups is 1. The van der Waals surface area contributed by atoms with E-state index in [4.69, 9.17) is 15.6 Å². The molecule has 2 N–H and O–H groups in total. The Hall–Kier alpha value is -5.11. The lowest BCUT2D eigenvalue weighted by molar-refractivity contribution is -0.118. The van der Waals surface area contributed by atoms with Crippen LogP contribution in [0, 0.1) is 0 Å². The first-order valence-electron chi connectivity index (χ1n) is 13.9. The predicted molar refractivity (Wildman–Crippen MR) is 163 cm³/mol. The molecule has 1 aliphatic heterocycles. The van der Waals surface area contributed by atoms with E-state index in [1.165, 1.54) is 0 Å². The van der Waals surface area contributed by atoms with Gasteiger partial charge in [-0.1, -0.05) is 69.3 Å². The molecule has 2 aromatic heterocycles. The molecular formula is C34H31N5O3. The molecule has 0 saturated heterocycles. The Morgan fingerprint density at radius 3 is 2.43 bits per heavy atom. The van der Waals surface area contributed by atoms with Gasteiger partial charge in [0.25, 0.3) is 0 Å². The highest BCUT2D eigenvalue weighted by Gasteiger charge is 2.24. The van der Waals surface area contributed by atoms with Gasteiger partial charge in [0.1, 0.15) is 17.3 Å². The second kappa shape index (κ2) is 10.7. The molecule has 0 radical (unpaired) electrons. The molecule has 0 unspecified atom stereocenters. The Labute approximate surface area is 243 Å². The SMILES string of the molecule is CC(C)(C)c1cc(CC(=O)Cc2ccc(Oc3ccnc4c3CC(=O)C(N)=N4)c3ccccc23)n(-c2ccccc2)n1. The maximum atomic E-state index is 13.5. The number of Topliss-reactive ketones (excluding diaryl/α,β-unsaturated/α-hetero) is 2. The quantitative estimate of drug-likeness (QED) is 0.264. The van der Waals surface area contributed by atoms with E-state index in [-0.39, 0.29) is 42.1 Å². The number of benzene rings is 3. The third-order valence-electron chi connectivity index (χ3n) is 7.35. The minimum atomic E-state index is -0.262. The van der Waals surface area contributed by atoms with Gasteiger partial charge in [0, 0.05) is 41.8 Å². The van der Waals surface area contributed by atoms with Crippen LogP contribution in [0.1, 0.15) is 43.3 Å². The van der Waals surface area contributed by atoms with Crippen molar-refractivity contribution in [3.63, 3.8) is 0 Å². The first-order chi connectivity index (χ1) is 20.2. The van der Waals surface area contributed by atoms with Crippen molar-refractivity contribution >= 4 is 34.0 Å². The Balaban J connectivity index is 1.29. The summed E-state index contributed by atoms with van der Waals surface area (Å²) in [6.07, 6.45) is 2.18. The van der Waals surface area contributed by atoms with Gasteiger partial charge < -0.3 is 10.5 Å². The number of carbonyl (C=O) groups excluding carboxylic acids is 2. The van der Waals surface area contributed by atoms with Gasteiger partial charge in [-0.05, 0) is 41.3 Å². The van der Waals surface area contributed by atoms with Crippen LogP contribution in [-0.2, 0) is 34.3 Å². The van der Waals surface area contributed by atoms with Crippen molar-refractivity contribution in [1.29, 1.82) is 0 Å². The Kier molecular flexibility index (Phi) is 6.90. The zero-order valence-electron chi connectivity index (χ0n) is 23.8. The number of aromatic nitrogens is 3. The van der Waals surface area contributed by atoms with E-state index >= 15 is 0 Å². The number of hydrogen-bond acceptors (Lipinski definition) is 7. The maximum Gasteiger partial charge on any atom is 0.202 e. The number of pyridine rings is 1. The molecule has 0 aliphatic carbocycles. The smallest absolute Gasteiger partial charge is 0.202 e. The van der Waals surface area contributed by atoms with E-state index in [1.54, 1.807) is 12.3 Å². The largest absolute Gasteiger partial charge is 0.456 e. The van der Waals surface area contributed by atoms with Gasteiger partial charge in [-0.25, -0.2) is 14.7 Å². The lowest BCUT2D eigenvalue weighted by Crippen LogP contribution is -2.28. The van der Waals surface area contributed by atoms with Gasteiger partial charge in [0.05, 0.1) is 17.1 Å². The van der Waals surface area contributed by atoms with Gasteiger partial charge in [-0.3, -0.25) is 9.59 Å². The van der Waals surface area contributed by atoms with E-state index in [0.717, 1.165) is 33.4 Å². The average molecular weight is 558 g/mol. The summed E-state index contributed by atoms with van der Waals surface area (Å²) in [5.41, 5.74) is 9.81. The molecule has 0 bridgehead atoms. The number of aliphatic imine (C=N–C) groups is 1. The summed E-state index contributed by atoms with van der Waals surface area (Å²) < 4.78 is 8.21. The summed E-state index contributed by atoms with van der Waals surface area (Å²) in [4.78, 5) is 34.1. The molecule has 0 saturated carbocycles. The summed E-state index contributed by atoms with van der Waals surface area (Å²) in [5.74, 6) is 1.28. The fourth-order valence-electron chi connectivity index (χ4n) is 5.13. The second-order valence-electron chi connectivity index (χ2n) is 11.5. The van der Waals surface area contributed by atoms with E-state index in [2.05, 4.69) is 30.7 Å². The van der Waals surface area contributed by atoms with Gasteiger partial charge >= 0.3 is 0 Å². The third kappa shape index (κ3) is 5.31. The fraction of sp³-hybridized carbons (Fsp3) is 0.206. The summed E-state index contributed by atoms with van der Waals surface area (Å²) >= 11 is 0. The lowest BCUT2D eigenvalue weighted by Gasteiger charge is -2.17. The standard InChI is InChI=1S/C34H31N5O3/c1-34(2,3)31-19-23(39(38-31)22-9-5-4-6-10-22)18-24(40)17-21-13-14-29(26-12-8-7-11-25(21)26)42-30-15-16-36-33-27(30)20-28(41)32(35)37-33/h4-16,19H,17-18,20H2,1-3H3,(H2,35,36,37). The zero-order chi connectivity index (χ0) is 29.4. The number of ether oxygens (including phenoxy) is 1. The summed E-state index contributed by atoms with van der Waals surface area (Å²) in [7, 11) is 0. The van der Waals surface area contributed by atoms with E-state index in [0.29, 0.717) is 22.9 Å². The Bertz CT molecular complexity index is 1870. The number of para-hydroxylation sites is 1. The minimum absolute atomic E-state index is 0.0481. The molecule has 8 heteroatoms. The Morgan fingerprint density at radius 1 is 0.929 bits per heavy atom. The number of nitrogens with two attached hydrogens (primary N) is 1. The highest BCUT2D eigenvalue weighted by atomic mass is 16.5. The molecule has 6 rings (SSSR count). The topological polar surface area (TPSA) is 112 Å². The van der Waals surface area contributed by atoms with Crippen LogP contribution in [0.5, 0.6) is 11.5 Å². The fourth-order valence-corrected chi connectivity index (χ4v) is 5.13. The monoisotopic (exact) mass is 557 g/mol. The molecule has 210 valence electrons. The third-order valence-corrected chi connectivity index (χ3v) is 7.35. The molecule has 42 heavy (non-hydrogen) atoms. The van der Waals surface area contributed by atoms with Gasteiger partial charge in [-0.2, -0.15) is 5.10 Å². The second-order valence-corrected chi connectivity index (χ2v) is 11.5. The number of ketones is 2. The molecule has 0 atom stereocenters. The van der Waals surface area contributed by atoms with Crippen molar-refractivity contribution in [3.05, 3.63) is 108 Å². The van der Waals surface area contributed by atoms with Crippen LogP contribution in [-0.4, -0.2) is 32.2 Å². The number of fused-ring (bicyclic) bond motifs is 2. The average Bonchev–Trinajstić information content (AvgIpc) is 3.40. The summed E-state index contributed by atoms with van der Waals surface area (Å²) in [5, 5.41) is 6.65. The first-order valence-corrected chi connectivity index (χ1v) is 13.9. The van der Waals surface area contributed by atoms with Crippen molar-refractivity contribution in [2.75, 3.05) is 0 Å². The van der Waals surface area contributed by atoms with Crippen molar-refractivity contribution in [2.45, 2.75) is 45.4 Å². The molecule has 1 aliphatic rings. The highest BCUT2D eigenvalue weighted by Crippen LogP contribution is 2.37.